The third-order valence-corrected chi connectivity index (χ3v) is 7.64. The Balaban J connectivity index is 1.39. The van der Waals surface area contributed by atoms with Crippen LogP contribution in [0.4, 0.5) is 4.79 Å². The normalized spacial score (nSPS) is 13.0. The fourth-order valence-corrected chi connectivity index (χ4v) is 5.49. The van der Waals surface area contributed by atoms with Gasteiger partial charge in [0.1, 0.15) is 12.6 Å². The van der Waals surface area contributed by atoms with Gasteiger partial charge in [0, 0.05) is 21.7 Å². The van der Waals surface area contributed by atoms with E-state index in [0.717, 1.165) is 31.6 Å². The molecule has 3 N–H and O–H groups in total. The first kappa shape index (κ1) is 24.0. The van der Waals surface area contributed by atoms with Crippen molar-refractivity contribution >= 4 is 45.2 Å². The average molecular weight is 543 g/mol. The molecule has 1 unspecified atom stereocenters. The number of halogens is 1. The van der Waals surface area contributed by atoms with Crippen LogP contribution in [0.5, 0.6) is 0 Å². The minimum absolute atomic E-state index is 0.0447. The van der Waals surface area contributed by atoms with Crippen molar-refractivity contribution < 1.29 is 24.2 Å². The molecule has 9 heteroatoms. The molecule has 2 aromatic carbocycles. The van der Waals surface area contributed by atoms with Crippen LogP contribution >= 0.6 is 27.3 Å². The number of benzene rings is 2. The van der Waals surface area contributed by atoms with Crippen LogP contribution in [0.3, 0.4) is 0 Å². The van der Waals surface area contributed by atoms with E-state index in [9.17, 15) is 14.4 Å². The lowest BCUT2D eigenvalue weighted by atomic mass is 9.98. The summed E-state index contributed by atoms with van der Waals surface area (Å²) in [7, 11) is 0. The van der Waals surface area contributed by atoms with Gasteiger partial charge in [-0.05, 0) is 56.1 Å². The zero-order chi connectivity index (χ0) is 24.1. The number of carbonyl (C=O) groups excluding carboxylic acids is 2. The van der Waals surface area contributed by atoms with Gasteiger partial charge in [0.15, 0.2) is 0 Å². The highest BCUT2D eigenvalue weighted by atomic mass is 79.9. The van der Waals surface area contributed by atoms with Gasteiger partial charge in [-0.2, -0.15) is 0 Å². The van der Waals surface area contributed by atoms with E-state index in [0.29, 0.717) is 0 Å². The highest BCUT2D eigenvalue weighted by molar-refractivity contribution is 9.10. The molecule has 0 radical (unpaired) electrons. The van der Waals surface area contributed by atoms with Crippen LogP contribution in [0.1, 0.15) is 34.8 Å². The molecular formula is C25H23BrN2O5S. The van der Waals surface area contributed by atoms with E-state index in [1.54, 1.807) is 0 Å². The molecule has 176 valence electrons. The summed E-state index contributed by atoms with van der Waals surface area (Å²) in [6.45, 7) is 0.377. The van der Waals surface area contributed by atoms with Crippen LogP contribution in [0.2, 0.25) is 0 Å². The number of aliphatic carboxylic acids is 1. The molecular weight excluding hydrogens is 520 g/mol. The monoisotopic (exact) mass is 542 g/mol. The maximum Gasteiger partial charge on any atom is 0.407 e. The van der Waals surface area contributed by atoms with Crippen molar-refractivity contribution in [3.63, 3.8) is 0 Å². The predicted octanol–water partition coefficient (Wildman–Crippen LogP) is 4.90. The SMILES string of the molecule is O=C(O)CCC(NC(=O)OCC1c2ccccc2-c2ccccc21)C(=O)NCc1sccc1Br. The zero-order valence-corrected chi connectivity index (χ0v) is 20.5. The highest BCUT2D eigenvalue weighted by Gasteiger charge is 2.30. The number of amides is 2. The average Bonchev–Trinajstić information content (AvgIpc) is 3.39. The number of hydrogen-bond donors (Lipinski definition) is 3. The summed E-state index contributed by atoms with van der Waals surface area (Å²) in [5.74, 6) is -1.62. The first-order chi connectivity index (χ1) is 16.4. The summed E-state index contributed by atoms with van der Waals surface area (Å²) in [5.41, 5.74) is 4.40. The van der Waals surface area contributed by atoms with Crippen LogP contribution in [0.25, 0.3) is 11.1 Å². The maximum absolute atomic E-state index is 12.7. The molecule has 1 heterocycles. The first-order valence-corrected chi connectivity index (χ1v) is 12.4. The molecule has 0 fully saturated rings. The largest absolute Gasteiger partial charge is 0.481 e. The van der Waals surface area contributed by atoms with Crippen molar-refractivity contribution in [1.82, 2.24) is 10.6 Å². The van der Waals surface area contributed by atoms with Gasteiger partial charge in [0.25, 0.3) is 0 Å². The van der Waals surface area contributed by atoms with Crippen LogP contribution in [-0.4, -0.2) is 35.7 Å². The molecule has 0 bridgehead atoms. The van der Waals surface area contributed by atoms with Crippen molar-refractivity contribution in [3.8, 4) is 11.1 Å². The number of hydrogen-bond acceptors (Lipinski definition) is 5. The topological polar surface area (TPSA) is 105 Å². The van der Waals surface area contributed by atoms with E-state index in [2.05, 4.69) is 26.6 Å². The highest BCUT2D eigenvalue weighted by Crippen LogP contribution is 2.44. The molecule has 0 saturated heterocycles. The number of nitrogens with one attached hydrogen (secondary N) is 2. The summed E-state index contributed by atoms with van der Waals surface area (Å²) in [5, 5.41) is 16.2. The van der Waals surface area contributed by atoms with Crippen LogP contribution in [0, 0.1) is 0 Å². The predicted molar refractivity (Wildman–Crippen MR) is 133 cm³/mol. The van der Waals surface area contributed by atoms with E-state index in [1.165, 1.54) is 11.3 Å². The fraction of sp³-hybridized carbons (Fsp3) is 0.240. The second-order valence-corrected chi connectivity index (χ2v) is 9.72. The third kappa shape index (κ3) is 5.48. The van der Waals surface area contributed by atoms with Gasteiger partial charge < -0.3 is 20.5 Å². The van der Waals surface area contributed by atoms with Gasteiger partial charge in [-0.3, -0.25) is 9.59 Å². The Morgan fingerprint density at radius 1 is 1.03 bits per heavy atom. The molecule has 3 aromatic rings. The molecule has 34 heavy (non-hydrogen) atoms. The molecule has 0 saturated carbocycles. The van der Waals surface area contributed by atoms with Crippen molar-refractivity contribution in [2.24, 2.45) is 0 Å². The van der Waals surface area contributed by atoms with E-state index < -0.39 is 24.0 Å². The second kappa shape index (κ2) is 10.8. The number of ether oxygens (including phenoxy) is 1. The summed E-state index contributed by atoms with van der Waals surface area (Å²) < 4.78 is 6.39. The minimum atomic E-state index is -1.05. The number of thiophene rings is 1. The Labute approximate surface area is 209 Å². The van der Waals surface area contributed by atoms with Gasteiger partial charge in [-0.25, -0.2) is 4.79 Å². The number of alkyl carbamates (subject to hydrolysis) is 1. The summed E-state index contributed by atoms with van der Waals surface area (Å²) >= 11 is 4.89. The molecule has 2 amide bonds. The number of rotatable bonds is 9. The molecule has 4 rings (SSSR count). The number of carbonyl (C=O) groups is 3. The quantitative estimate of drug-likeness (QED) is 0.356. The standard InChI is InChI=1S/C25H23BrN2O5S/c26-20-11-12-34-22(20)13-27-24(31)21(9-10-23(29)30)28-25(32)33-14-19-17-7-3-1-5-15(17)16-6-2-4-8-18(16)19/h1-8,11-12,19,21H,9-10,13-14H2,(H,27,31)(H,28,32)(H,29,30). The summed E-state index contributed by atoms with van der Waals surface area (Å²) in [6, 6.07) is 16.9. The number of fused-ring (bicyclic) bond motifs is 3. The Morgan fingerprint density at radius 2 is 1.68 bits per heavy atom. The molecule has 1 aliphatic rings. The van der Waals surface area contributed by atoms with E-state index in [-0.39, 0.29) is 31.9 Å². The summed E-state index contributed by atoms with van der Waals surface area (Å²) in [6.07, 6.45) is -1.06. The number of carboxylic acid groups (broad SMARTS) is 1. The molecule has 1 atom stereocenters. The minimum Gasteiger partial charge on any atom is -0.481 e. The van der Waals surface area contributed by atoms with Crippen molar-refractivity contribution in [2.75, 3.05) is 6.61 Å². The third-order valence-electron chi connectivity index (χ3n) is 5.71. The molecule has 7 nitrogen and oxygen atoms in total. The van der Waals surface area contributed by atoms with Crippen LogP contribution in [-0.2, 0) is 20.9 Å². The van der Waals surface area contributed by atoms with Gasteiger partial charge >= 0.3 is 12.1 Å². The van der Waals surface area contributed by atoms with Gasteiger partial charge in [-0.15, -0.1) is 11.3 Å². The van der Waals surface area contributed by atoms with Crippen molar-refractivity contribution in [2.45, 2.75) is 31.3 Å². The Bertz CT molecular complexity index is 1170. The van der Waals surface area contributed by atoms with E-state index in [4.69, 9.17) is 9.84 Å². The zero-order valence-electron chi connectivity index (χ0n) is 18.1. The van der Waals surface area contributed by atoms with Gasteiger partial charge in [-0.1, -0.05) is 48.5 Å². The Morgan fingerprint density at radius 3 is 2.26 bits per heavy atom. The van der Waals surface area contributed by atoms with E-state index in [1.807, 2.05) is 60.0 Å². The van der Waals surface area contributed by atoms with Gasteiger partial charge in [0.05, 0.1) is 6.54 Å². The molecule has 1 aliphatic carbocycles. The van der Waals surface area contributed by atoms with E-state index >= 15 is 0 Å². The van der Waals surface area contributed by atoms with Gasteiger partial charge in [0.2, 0.25) is 5.91 Å². The van der Waals surface area contributed by atoms with Crippen LogP contribution < -0.4 is 10.6 Å². The smallest absolute Gasteiger partial charge is 0.407 e. The van der Waals surface area contributed by atoms with Crippen LogP contribution in [0.15, 0.2) is 64.5 Å². The maximum atomic E-state index is 12.7. The lowest BCUT2D eigenvalue weighted by molar-refractivity contribution is -0.137. The second-order valence-electron chi connectivity index (χ2n) is 7.86. The molecule has 0 aliphatic heterocycles. The Kier molecular flexibility index (Phi) is 7.64. The Hall–Kier alpha value is -3.17. The summed E-state index contributed by atoms with van der Waals surface area (Å²) in [4.78, 5) is 37.3. The van der Waals surface area contributed by atoms with Crippen molar-refractivity contribution in [3.05, 3.63) is 80.5 Å². The molecule has 0 spiro atoms. The lowest BCUT2D eigenvalue weighted by Gasteiger charge is -2.19. The first-order valence-electron chi connectivity index (χ1n) is 10.8. The van der Waals surface area contributed by atoms with Crippen molar-refractivity contribution in [1.29, 1.82) is 0 Å². The molecule has 1 aromatic heterocycles. The number of carboxylic acids is 1. The lowest BCUT2D eigenvalue weighted by Crippen LogP contribution is -2.47. The fourth-order valence-electron chi connectivity index (χ4n) is 4.06.